The van der Waals surface area contributed by atoms with Crippen molar-refractivity contribution < 1.29 is 24.8 Å². The van der Waals surface area contributed by atoms with Gasteiger partial charge in [-0.3, -0.25) is 0 Å². The first kappa shape index (κ1) is 22.3. The number of aliphatic hydroxyl groups excluding tert-OH is 3. The Labute approximate surface area is 193 Å². The normalized spacial score (nSPS) is 64.0. The lowest BCUT2D eigenvalue weighted by Gasteiger charge is -2.63. The van der Waals surface area contributed by atoms with Gasteiger partial charge in [-0.15, -0.1) is 0 Å². The summed E-state index contributed by atoms with van der Waals surface area (Å²) in [6, 6.07) is 0. The topological polar surface area (TPSA) is 79.2 Å². The highest BCUT2D eigenvalue weighted by Crippen LogP contribution is 2.71. The van der Waals surface area contributed by atoms with Gasteiger partial charge in [-0.05, 0) is 91.3 Å². The van der Waals surface area contributed by atoms with Crippen molar-refractivity contribution in [2.45, 2.75) is 109 Å². The van der Waals surface area contributed by atoms with E-state index in [0.29, 0.717) is 48.3 Å². The van der Waals surface area contributed by atoms with Crippen LogP contribution in [0.3, 0.4) is 0 Å². The molecule has 0 bridgehead atoms. The molecule has 6 aliphatic rings. The van der Waals surface area contributed by atoms with Crippen molar-refractivity contribution in [2.24, 2.45) is 52.3 Å². The zero-order valence-corrected chi connectivity index (χ0v) is 20.4. The smallest absolute Gasteiger partial charge is 0.171 e. The molecule has 182 valence electrons. The Bertz CT molecular complexity index is 748. The molecule has 0 aromatic carbocycles. The summed E-state index contributed by atoms with van der Waals surface area (Å²) in [6.45, 7) is 10.2. The molecule has 2 saturated heterocycles. The fourth-order valence-corrected chi connectivity index (χ4v) is 10.4. The molecule has 4 aliphatic carbocycles. The molecule has 6 fully saturated rings. The Hall–Kier alpha value is -0.200. The first-order chi connectivity index (χ1) is 15.1. The average molecular weight is 449 g/mol. The van der Waals surface area contributed by atoms with Gasteiger partial charge in [0.15, 0.2) is 5.79 Å². The van der Waals surface area contributed by atoms with Crippen molar-refractivity contribution >= 4 is 0 Å². The molecule has 5 heteroatoms. The first-order valence-corrected chi connectivity index (χ1v) is 13.4. The zero-order chi connectivity index (χ0) is 22.6. The predicted molar refractivity (Wildman–Crippen MR) is 121 cm³/mol. The largest absolute Gasteiger partial charge is 0.393 e. The minimum atomic E-state index is -0.660. The highest BCUT2D eigenvalue weighted by molar-refractivity contribution is 5.17. The van der Waals surface area contributed by atoms with Gasteiger partial charge in [0.25, 0.3) is 0 Å². The van der Waals surface area contributed by atoms with Crippen molar-refractivity contribution in [1.82, 2.24) is 0 Å². The van der Waals surface area contributed by atoms with E-state index in [1.807, 2.05) is 0 Å². The van der Waals surface area contributed by atoms with Gasteiger partial charge >= 0.3 is 0 Å². The Morgan fingerprint density at radius 2 is 1.56 bits per heavy atom. The third-order valence-corrected chi connectivity index (χ3v) is 11.9. The molecule has 2 heterocycles. The molecule has 0 aromatic heterocycles. The van der Waals surface area contributed by atoms with E-state index < -0.39 is 18.0 Å². The molecule has 0 radical (unpaired) electrons. The third-order valence-electron chi connectivity index (χ3n) is 11.9. The van der Waals surface area contributed by atoms with Crippen molar-refractivity contribution in [3.05, 3.63) is 0 Å². The van der Waals surface area contributed by atoms with E-state index in [4.69, 9.17) is 9.47 Å². The zero-order valence-electron chi connectivity index (χ0n) is 20.4. The number of ether oxygens (including phenoxy) is 2. The summed E-state index contributed by atoms with van der Waals surface area (Å²) < 4.78 is 13.3. The molecule has 4 saturated carbocycles. The number of rotatable bonds is 0. The summed E-state index contributed by atoms with van der Waals surface area (Å²) >= 11 is 0. The molecule has 0 unspecified atom stereocenters. The van der Waals surface area contributed by atoms with Gasteiger partial charge in [-0.25, -0.2) is 0 Å². The van der Waals surface area contributed by atoms with Crippen molar-refractivity contribution in [3.63, 3.8) is 0 Å². The molecule has 6 rings (SSSR count). The van der Waals surface area contributed by atoms with Crippen molar-refractivity contribution in [1.29, 1.82) is 0 Å². The molecule has 2 aliphatic heterocycles. The lowest BCUT2D eigenvalue weighted by atomic mass is 9.43. The molecule has 5 nitrogen and oxygen atoms in total. The summed E-state index contributed by atoms with van der Waals surface area (Å²) in [6.07, 6.45) is 6.27. The number of aliphatic hydroxyl groups is 3. The van der Waals surface area contributed by atoms with Gasteiger partial charge in [0.1, 0.15) is 0 Å². The van der Waals surface area contributed by atoms with Crippen molar-refractivity contribution in [2.75, 3.05) is 6.61 Å². The van der Waals surface area contributed by atoms with Crippen LogP contribution in [-0.4, -0.2) is 52.1 Å². The third kappa shape index (κ3) is 2.81. The summed E-state index contributed by atoms with van der Waals surface area (Å²) in [5.74, 6) is 2.67. The highest BCUT2D eigenvalue weighted by atomic mass is 16.7. The van der Waals surface area contributed by atoms with E-state index in [0.717, 1.165) is 38.7 Å². The molecule has 1 spiro atoms. The maximum Gasteiger partial charge on any atom is 0.171 e. The van der Waals surface area contributed by atoms with Gasteiger partial charge in [0, 0.05) is 12.3 Å². The lowest BCUT2D eigenvalue weighted by Crippen LogP contribution is -2.61. The molecule has 32 heavy (non-hydrogen) atoms. The van der Waals surface area contributed by atoms with E-state index in [9.17, 15) is 15.3 Å². The standard InChI is InChI=1S/C27H44O5/c1-14-7-8-27(31-13-14)15(2)23-22(32-27)10-18-17-6-5-16-9-19(28)20(29)11-25(16,3)24(17)21(30)12-26(18,23)4/h14-24,28-30H,5-13H2,1-4H3/t14-,15+,16-,17+,18+,19-,20+,21-,22+,23+,24-,25+,26+,27-/m1/s1. The SMILES string of the molecule is C[C@@H]1CC[C@@]2(OC1)O[C@H]1C[C@H]3[C@@H]4CC[C@@H]5C[C@@H](O)[C@@H](O)C[C@]5(C)[C@H]4[C@H](O)C[C@]3(C)[C@H]1[C@@H]2C. The van der Waals surface area contributed by atoms with Crippen LogP contribution in [0.2, 0.25) is 0 Å². The van der Waals surface area contributed by atoms with Crippen LogP contribution in [0.1, 0.15) is 79.1 Å². The summed E-state index contributed by atoms with van der Waals surface area (Å²) in [5.41, 5.74) is -0.00703. The molecule has 14 atom stereocenters. The van der Waals surface area contributed by atoms with Crippen LogP contribution in [-0.2, 0) is 9.47 Å². The number of hydrogen-bond acceptors (Lipinski definition) is 5. The Balaban J connectivity index is 1.29. The van der Waals surface area contributed by atoms with Crippen LogP contribution in [0.15, 0.2) is 0 Å². The van der Waals surface area contributed by atoms with E-state index in [1.165, 1.54) is 6.42 Å². The van der Waals surface area contributed by atoms with E-state index >= 15 is 0 Å². The molecule has 3 N–H and O–H groups in total. The minimum Gasteiger partial charge on any atom is -0.393 e. The predicted octanol–water partition coefficient (Wildman–Crippen LogP) is 3.74. The molecular formula is C27H44O5. The van der Waals surface area contributed by atoms with E-state index in [2.05, 4.69) is 27.7 Å². The van der Waals surface area contributed by atoms with Gasteiger partial charge in [-0.1, -0.05) is 27.7 Å². The van der Waals surface area contributed by atoms with Crippen LogP contribution in [0.25, 0.3) is 0 Å². The van der Waals surface area contributed by atoms with Gasteiger partial charge in [0.05, 0.1) is 31.0 Å². The number of hydrogen-bond donors (Lipinski definition) is 3. The van der Waals surface area contributed by atoms with Crippen LogP contribution in [0, 0.1) is 52.3 Å². The number of fused-ring (bicyclic) bond motifs is 7. The second kappa shape index (κ2) is 7.16. The maximum absolute atomic E-state index is 11.7. The van der Waals surface area contributed by atoms with Crippen LogP contribution in [0.5, 0.6) is 0 Å². The Morgan fingerprint density at radius 3 is 2.28 bits per heavy atom. The summed E-state index contributed by atoms with van der Waals surface area (Å²) in [7, 11) is 0. The molecule has 0 aromatic rings. The van der Waals surface area contributed by atoms with E-state index in [-0.39, 0.29) is 29.0 Å². The summed E-state index contributed by atoms with van der Waals surface area (Å²) in [5, 5.41) is 32.6. The molecule has 0 amide bonds. The van der Waals surface area contributed by atoms with Gasteiger partial charge in [-0.2, -0.15) is 0 Å². The van der Waals surface area contributed by atoms with Crippen molar-refractivity contribution in [3.8, 4) is 0 Å². The molecular weight excluding hydrogens is 404 g/mol. The minimum absolute atomic E-state index is 0.0799. The quantitative estimate of drug-likeness (QED) is 0.526. The Kier molecular flexibility index (Phi) is 4.99. The van der Waals surface area contributed by atoms with Crippen LogP contribution in [0.4, 0.5) is 0 Å². The average Bonchev–Trinajstić information content (AvgIpc) is 3.16. The second-order valence-corrected chi connectivity index (χ2v) is 13.4. The van der Waals surface area contributed by atoms with Gasteiger partial charge < -0.3 is 24.8 Å². The van der Waals surface area contributed by atoms with E-state index in [1.54, 1.807) is 0 Å². The second-order valence-electron chi connectivity index (χ2n) is 13.4. The van der Waals surface area contributed by atoms with Gasteiger partial charge in [0.2, 0.25) is 0 Å². The highest BCUT2D eigenvalue weighted by Gasteiger charge is 2.70. The summed E-state index contributed by atoms with van der Waals surface area (Å²) in [4.78, 5) is 0. The lowest BCUT2D eigenvalue weighted by molar-refractivity contribution is -0.274. The van der Waals surface area contributed by atoms with Crippen LogP contribution >= 0.6 is 0 Å². The monoisotopic (exact) mass is 448 g/mol. The fraction of sp³-hybridized carbons (Fsp3) is 1.00. The maximum atomic E-state index is 11.7. The Morgan fingerprint density at radius 1 is 0.812 bits per heavy atom. The fourth-order valence-electron chi connectivity index (χ4n) is 10.4. The first-order valence-electron chi connectivity index (χ1n) is 13.4. The van der Waals surface area contributed by atoms with Crippen LogP contribution < -0.4 is 0 Å².